The van der Waals surface area contributed by atoms with Crippen molar-refractivity contribution in [1.82, 2.24) is 30.7 Å². The van der Waals surface area contributed by atoms with Crippen LogP contribution < -0.4 is 16.0 Å². The summed E-state index contributed by atoms with van der Waals surface area (Å²) in [4.78, 5) is 45.1. The molecule has 0 radical (unpaired) electrons. The van der Waals surface area contributed by atoms with E-state index in [4.69, 9.17) is 23.2 Å². The SMILES string of the molecule is O=C1NCC(C(=O)N2CCN(Cc3ncc(C(=O)NCc4ccc(Cl)cc4Cl)s3)CC2)N1. The molecule has 2 aromatic rings. The summed E-state index contributed by atoms with van der Waals surface area (Å²) in [5.74, 6) is -0.264. The van der Waals surface area contributed by atoms with E-state index in [9.17, 15) is 14.4 Å². The summed E-state index contributed by atoms with van der Waals surface area (Å²) in [5, 5.41) is 9.98. The average Bonchev–Trinajstić information content (AvgIpc) is 3.42. The van der Waals surface area contributed by atoms with Gasteiger partial charge in [0, 0.05) is 49.3 Å². The third-order valence-corrected chi connectivity index (χ3v) is 6.91. The number of nitrogens with one attached hydrogen (secondary N) is 3. The number of amides is 4. The van der Waals surface area contributed by atoms with Crippen molar-refractivity contribution in [3.63, 3.8) is 0 Å². The Kier molecular flexibility index (Phi) is 7.14. The normalized spacial score (nSPS) is 18.9. The van der Waals surface area contributed by atoms with Crippen molar-refractivity contribution >= 4 is 52.4 Å². The van der Waals surface area contributed by atoms with E-state index >= 15 is 0 Å². The van der Waals surface area contributed by atoms with Crippen molar-refractivity contribution in [2.45, 2.75) is 19.1 Å². The van der Waals surface area contributed by atoms with Gasteiger partial charge in [0.05, 0.1) is 12.7 Å². The van der Waals surface area contributed by atoms with E-state index in [0.717, 1.165) is 10.6 Å². The summed E-state index contributed by atoms with van der Waals surface area (Å²) >= 11 is 13.4. The van der Waals surface area contributed by atoms with Gasteiger partial charge < -0.3 is 20.9 Å². The molecular weight excluding hydrogens is 475 g/mol. The lowest BCUT2D eigenvalue weighted by atomic mass is 10.2. The minimum absolute atomic E-state index is 0.0583. The fourth-order valence-electron chi connectivity index (χ4n) is 3.56. The maximum absolute atomic E-state index is 12.5. The lowest BCUT2D eigenvalue weighted by Gasteiger charge is -2.35. The molecule has 3 heterocycles. The number of rotatable bonds is 6. The molecule has 2 aliphatic heterocycles. The summed E-state index contributed by atoms with van der Waals surface area (Å²) < 4.78 is 0. The first-order valence-corrected chi connectivity index (χ1v) is 11.7. The molecule has 0 bridgehead atoms. The number of hydrogen-bond donors (Lipinski definition) is 3. The van der Waals surface area contributed by atoms with Crippen LogP contribution >= 0.6 is 34.5 Å². The van der Waals surface area contributed by atoms with Gasteiger partial charge in [-0.15, -0.1) is 11.3 Å². The standard InChI is InChI=1S/C20H22Cl2N6O3S/c21-13-2-1-12(14(22)7-13)8-24-18(29)16-10-23-17(32-16)11-27-3-5-28(6-4-27)19(30)15-9-25-20(31)26-15/h1-2,7,10,15H,3-6,8-9,11H2,(H,24,29)(H2,25,26,31). The second-order valence-electron chi connectivity index (χ2n) is 7.55. The van der Waals surface area contributed by atoms with Gasteiger partial charge >= 0.3 is 6.03 Å². The lowest BCUT2D eigenvalue weighted by molar-refractivity contribution is -0.134. The molecule has 32 heavy (non-hydrogen) atoms. The number of carbonyl (C=O) groups excluding carboxylic acids is 3. The zero-order valence-corrected chi connectivity index (χ0v) is 19.4. The molecular formula is C20H22Cl2N6O3S. The molecule has 1 atom stereocenters. The van der Waals surface area contributed by atoms with Gasteiger partial charge in [0.25, 0.3) is 5.91 Å². The van der Waals surface area contributed by atoms with Crippen LogP contribution in [0.2, 0.25) is 10.0 Å². The Morgan fingerprint density at radius 3 is 2.69 bits per heavy atom. The van der Waals surface area contributed by atoms with Crippen molar-refractivity contribution < 1.29 is 14.4 Å². The molecule has 4 amide bonds. The molecule has 170 valence electrons. The second-order valence-corrected chi connectivity index (χ2v) is 9.50. The number of aromatic nitrogens is 1. The Balaban J connectivity index is 1.24. The Morgan fingerprint density at radius 2 is 2.00 bits per heavy atom. The van der Waals surface area contributed by atoms with Gasteiger partial charge in [-0.3, -0.25) is 14.5 Å². The predicted molar refractivity (Wildman–Crippen MR) is 122 cm³/mol. The van der Waals surface area contributed by atoms with Crippen molar-refractivity contribution in [1.29, 1.82) is 0 Å². The monoisotopic (exact) mass is 496 g/mol. The maximum atomic E-state index is 12.5. The molecule has 0 aliphatic carbocycles. The maximum Gasteiger partial charge on any atom is 0.315 e. The van der Waals surface area contributed by atoms with Crippen LogP contribution in [0.3, 0.4) is 0 Å². The Hall–Kier alpha value is -2.40. The van der Waals surface area contributed by atoms with Crippen LogP contribution in [0.15, 0.2) is 24.4 Å². The van der Waals surface area contributed by atoms with Crippen LogP contribution in [0.25, 0.3) is 0 Å². The molecule has 1 unspecified atom stereocenters. The van der Waals surface area contributed by atoms with Crippen molar-refractivity contribution in [3.05, 3.63) is 49.9 Å². The van der Waals surface area contributed by atoms with E-state index in [1.807, 2.05) is 0 Å². The van der Waals surface area contributed by atoms with Crippen LogP contribution in [0.4, 0.5) is 4.79 Å². The molecule has 1 aromatic heterocycles. The van der Waals surface area contributed by atoms with E-state index < -0.39 is 6.04 Å². The highest BCUT2D eigenvalue weighted by Crippen LogP contribution is 2.21. The summed E-state index contributed by atoms with van der Waals surface area (Å²) in [7, 11) is 0. The summed E-state index contributed by atoms with van der Waals surface area (Å²) in [6.07, 6.45) is 1.58. The number of halogens is 2. The number of piperazine rings is 1. The summed E-state index contributed by atoms with van der Waals surface area (Å²) in [6.45, 7) is 3.83. The predicted octanol–water partition coefficient (Wildman–Crippen LogP) is 1.71. The first-order chi connectivity index (χ1) is 15.4. The molecule has 12 heteroatoms. The average molecular weight is 497 g/mol. The summed E-state index contributed by atoms with van der Waals surface area (Å²) in [6, 6.07) is 4.36. The van der Waals surface area contributed by atoms with Gasteiger partial charge in [-0.2, -0.15) is 0 Å². The molecule has 1 aromatic carbocycles. The second kappa shape index (κ2) is 10.0. The third kappa shape index (κ3) is 5.50. The Morgan fingerprint density at radius 1 is 1.22 bits per heavy atom. The van der Waals surface area contributed by atoms with E-state index in [0.29, 0.717) is 60.7 Å². The molecule has 0 saturated carbocycles. The number of nitrogens with zero attached hydrogens (tertiary/aromatic N) is 3. The number of benzene rings is 1. The number of urea groups is 1. The minimum atomic E-state index is -0.489. The molecule has 2 fully saturated rings. The van der Waals surface area contributed by atoms with Crippen LogP contribution in [-0.2, 0) is 17.9 Å². The van der Waals surface area contributed by atoms with E-state index in [2.05, 4.69) is 25.8 Å². The minimum Gasteiger partial charge on any atom is -0.347 e. The third-order valence-electron chi connectivity index (χ3n) is 5.34. The quantitative estimate of drug-likeness (QED) is 0.564. The highest BCUT2D eigenvalue weighted by Gasteiger charge is 2.32. The fraction of sp³-hybridized carbons (Fsp3) is 0.400. The molecule has 2 saturated heterocycles. The van der Waals surface area contributed by atoms with Crippen molar-refractivity contribution in [3.8, 4) is 0 Å². The number of hydrogen-bond acceptors (Lipinski definition) is 6. The summed E-state index contributed by atoms with van der Waals surface area (Å²) in [5.41, 5.74) is 0.787. The smallest absolute Gasteiger partial charge is 0.315 e. The van der Waals surface area contributed by atoms with Gasteiger partial charge in [-0.25, -0.2) is 9.78 Å². The van der Waals surface area contributed by atoms with Gasteiger partial charge in [-0.1, -0.05) is 29.3 Å². The fourth-order valence-corrected chi connectivity index (χ4v) is 4.91. The lowest BCUT2D eigenvalue weighted by Crippen LogP contribution is -2.53. The molecule has 2 aliphatic rings. The van der Waals surface area contributed by atoms with Crippen LogP contribution in [0.1, 0.15) is 20.2 Å². The number of thiazole rings is 1. The molecule has 4 rings (SSSR count). The molecule has 9 nitrogen and oxygen atoms in total. The topological polar surface area (TPSA) is 107 Å². The van der Waals surface area contributed by atoms with E-state index in [1.165, 1.54) is 11.3 Å². The highest BCUT2D eigenvalue weighted by molar-refractivity contribution is 7.13. The largest absolute Gasteiger partial charge is 0.347 e. The Labute approximate surface area is 199 Å². The van der Waals surface area contributed by atoms with Crippen molar-refractivity contribution in [2.24, 2.45) is 0 Å². The Bertz CT molecular complexity index is 1020. The van der Waals surface area contributed by atoms with Gasteiger partial charge in [-0.05, 0) is 17.7 Å². The molecule has 0 spiro atoms. The number of carbonyl (C=O) groups is 3. The molecule has 3 N–H and O–H groups in total. The van der Waals surface area contributed by atoms with Crippen LogP contribution in [0.5, 0.6) is 0 Å². The highest BCUT2D eigenvalue weighted by atomic mass is 35.5. The first-order valence-electron chi connectivity index (χ1n) is 10.1. The van der Waals surface area contributed by atoms with Crippen molar-refractivity contribution in [2.75, 3.05) is 32.7 Å². The van der Waals surface area contributed by atoms with Gasteiger partial charge in [0.1, 0.15) is 15.9 Å². The zero-order valence-electron chi connectivity index (χ0n) is 17.1. The zero-order chi connectivity index (χ0) is 22.7. The van der Waals surface area contributed by atoms with Gasteiger partial charge in [0.2, 0.25) is 5.91 Å². The van der Waals surface area contributed by atoms with Gasteiger partial charge in [0.15, 0.2) is 0 Å². The van der Waals surface area contributed by atoms with E-state index in [-0.39, 0.29) is 17.8 Å². The van der Waals surface area contributed by atoms with Crippen LogP contribution in [0, 0.1) is 0 Å². The van der Waals surface area contributed by atoms with Crippen LogP contribution in [-0.4, -0.2) is 71.4 Å². The van der Waals surface area contributed by atoms with E-state index in [1.54, 1.807) is 29.3 Å². The first kappa shape index (κ1) is 22.8.